The van der Waals surface area contributed by atoms with Gasteiger partial charge in [-0.05, 0) is 13.8 Å². The SMILES string of the molecule is Cc1nc(-c2cnccn2)nc(OCC(=O)O)c1C. The highest BCUT2D eigenvalue weighted by Gasteiger charge is 2.12. The molecular weight excluding hydrogens is 248 g/mol. The number of hydrogen-bond acceptors (Lipinski definition) is 6. The minimum Gasteiger partial charge on any atom is -0.479 e. The van der Waals surface area contributed by atoms with Crippen LogP contribution < -0.4 is 4.74 Å². The van der Waals surface area contributed by atoms with Gasteiger partial charge in [0, 0.05) is 23.7 Å². The Morgan fingerprint density at radius 2 is 2.11 bits per heavy atom. The first kappa shape index (κ1) is 12.9. The average Bonchev–Trinajstić information content (AvgIpc) is 2.41. The lowest BCUT2D eigenvalue weighted by atomic mass is 10.2. The monoisotopic (exact) mass is 260 g/mol. The Morgan fingerprint density at radius 1 is 1.32 bits per heavy atom. The number of aryl methyl sites for hydroxylation is 1. The molecular formula is C12H12N4O3. The lowest BCUT2D eigenvalue weighted by Gasteiger charge is -2.09. The average molecular weight is 260 g/mol. The summed E-state index contributed by atoms with van der Waals surface area (Å²) in [4.78, 5) is 27.0. The van der Waals surface area contributed by atoms with Crippen LogP contribution in [0.15, 0.2) is 18.6 Å². The molecule has 98 valence electrons. The van der Waals surface area contributed by atoms with E-state index in [2.05, 4.69) is 19.9 Å². The Kier molecular flexibility index (Phi) is 3.65. The van der Waals surface area contributed by atoms with Gasteiger partial charge in [-0.2, -0.15) is 4.98 Å². The van der Waals surface area contributed by atoms with Crippen molar-refractivity contribution in [2.75, 3.05) is 6.61 Å². The van der Waals surface area contributed by atoms with Gasteiger partial charge >= 0.3 is 5.97 Å². The third-order valence-electron chi connectivity index (χ3n) is 2.47. The summed E-state index contributed by atoms with van der Waals surface area (Å²) in [6.45, 7) is 3.12. The number of ether oxygens (including phenoxy) is 1. The van der Waals surface area contributed by atoms with Crippen molar-refractivity contribution in [3.05, 3.63) is 29.8 Å². The summed E-state index contributed by atoms with van der Waals surface area (Å²) in [7, 11) is 0. The van der Waals surface area contributed by atoms with Crippen molar-refractivity contribution in [2.45, 2.75) is 13.8 Å². The molecule has 0 radical (unpaired) electrons. The fourth-order valence-corrected chi connectivity index (χ4v) is 1.40. The molecule has 0 amide bonds. The van der Waals surface area contributed by atoms with Gasteiger partial charge in [0.15, 0.2) is 12.4 Å². The van der Waals surface area contributed by atoms with Crippen LogP contribution in [-0.4, -0.2) is 37.6 Å². The first-order chi connectivity index (χ1) is 9.08. The van der Waals surface area contributed by atoms with Crippen molar-refractivity contribution in [3.63, 3.8) is 0 Å². The summed E-state index contributed by atoms with van der Waals surface area (Å²) in [6, 6.07) is 0. The summed E-state index contributed by atoms with van der Waals surface area (Å²) in [5, 5.41) is 8.63. The van der Waals surface area contributed by atoms with Crippen LogP contribution in [0.2, 0.25) is 0 Å². The van der Waals surface area contributed by atoms with Crippen molar-refractivity contribution >= 4 is 5.97 Å². The Bertz CT molecular complexity index is 601. The first-order valence-electron chi connectivity index (χ1n) is 5.54. The van der Waals surface area contributed by atoms with Gasteiger partial charge in [0.2, 0.25) is 5.88 Å². The fraction of sp³-hybridized carbons (Fsp3) is 0.250. The maximum absolute atomic E-state index is 10.5. The minimum absolute atomic E-state index is 0.246. The second kappa shape index (κ2) is 5.38. The van der Waals surface area contributed by atoms with Crippen LogP contribution in [-0.2, 0) is 4.79 Å². The highest BCUT2D eigenvalue weighted by Crippen LogP contribution is 2.21. The lowest BCUT2D eigenvalue weighted by Crippen LogP contribution is -2.12. The second-order valence-corrected chi connectivity index (χ2v) is 3.84. The Balaban J connectivity index is 2.39. The van der Waals surface area contributed by atoms with E-state index in [-0.39, 0.29) is 5.88 Å². The second-order valence-electron chi connectivity index (χ2n) is 3.84. The molecule has 0 aliphatic rings. The molecule has 0 spiro atoms. The standard InChI is InChI=1S/C12H12N4O3/c1-7-8(2)15-11(9-5-13-3-4-14-9)16-12(7)19-6-10(17)18/h3-5H,6H2,1-2H3,(H,17,18). The van der Waals surface area contributed by atoms with Crippen LogP contribution in [0.25, 0.3) is 11.5 Å². The molecule has 0 aliphatic carbocycles. The van der Waals surface area contributed by atoms with E-state index in [1.165, 1.54) is 12.4 Å². The van der Waals surface area contributed by atoms with Crippen LogP contribution in [0.3, 0.4) is 0 Å². The molecule has 0 bridgehead atoms. The molecule has 0 fully saturated rings. The van der Waals surface area contributed by atoms with E-state index in [0.717, 1.165) is 0 Å². The van der Waals surface area contributed by atoms with E-state index < -0.39 is 12.6 Å². The molecule has 2 rings (SSSR count). The molecule has 7 heteroatoms. The lowest BCUT2D eigenvalue weighted by molar-refractivity contribution is -0.139. The van der Waals surface area contributed by atoms with Gasteiger partial charge in [-0.3, -0.25) is 4.98 Å². The molecule has 0 aliphatic heterocycles. The van der Waals surface area contributed by atoms with Gasteiger partial charge in [-0.25, -0.2) is 14.8 Å². The number of nitrogens with zero attached hydrogens (tertiary/aromatic N) is 4. The molecule has 2 aromatic heterocycles. The highest BCUT2D eigenvalue weighted by atomic mass is 16.5. The maximum Gasteiger partial charge on any atom is 0.341 e. The van der Waals surface area contributed by atoms with E-state index in [1.807, 2.05) is 0 Å². The zero-order valence-corrected chi connectivity index (χ0v) is 10.5. The number of carbonyl (C=O) groups is 1. The van der Waals surface area contributed by atoms with E-state index in [0.29, 0.717) is 22.8 Å². The van der Waals surface area contributed by atoms with Crippen LogP contribution >= 0.6 is 0 Å². The predicted octanol–water partition coefficient (Wildman–Crippen LogP) is 1.01. The molecule has 1 N–H and O–H groups in total. The van der Waals surface area contributed by atoms with Crippen LogP contribution in [0.4, 0.5) is 0 Å². The Hall–Kier alpha value is -2.57. The van der Waals surface area contributed by atoms with Crippen molar-refractivity contribution in [1.82, 2.24) is 19.9 Å². The molecule has 0 unspecified atom stereocenters. The molecule has 2 heterocycles. The van der Waals surface area contributed by atoms with Crippen LogP contribution in [0.5, 0.6) is 5.88 Å². The quantitative estimate of drug-likeness (QED) is 0.875. The number of rotatable bonds is 4. The third-order valence-corrected chi connectivity index (χ3v) is 2.47. The zero-order valence-electron chi connectivity index (χ0n) is 10.5. The van der Waals surface area contributed by atoms with Gasteiger partial charge in [0.25, 0.3) is 0 Å². The number of aliphatic carboxylic acids is 1. The molecule has 0 saturated carbocycles. The topological polar surface area (TPSA) is 98.1 Å². The number of hydrogen-bond donors (Lipinski definition) is 1. The van der Waals surface area contributed by atoms with Gasteiger partial charge in [-0.15, -0.1) is 0 Å². The van der Waals surface area contributed by atoms with Crippen molar-refractivity contribution in [2.24, 2.45) is 0 Å². The largest absolute Gasteiger partial charge is 0.479 e. The van der Waals surface area contributed by atoms with Gasteiger partial charge in [0.05, 0.1) is 6.20 Å². The number of carboxylic acid groups (broad SMARTS) is 1. The summed E-state index contributed by atoms with van der Waals surface area (Å²) >= 11 is 0. The summed E-state index contributed by atoms with van der Waals surface area (Å²) in [5.74, 6) is -0.455. The maximum atomic E-state index is 10.5. The molecule has 19 heavy (non-hydrogen) atoms. The van der Waals surface area contributed by atoms with E-state index in [4.69, 9.17) is 9.84 Å². The molecule has 0 saturated heterocycles. The van der Waals surface area contributed by atoms with Gasteiger partial charge in [-0.1, -0.05) is 0 Å². The molecule has 2 aromatic rings. The molecule has 0 atom stereocenters. The fourth-order valence-electron chi connectivity index (χ4n) is 1.40. The van der Waals surface area contributed by atoms with Gasteiger partial charge < -0.3 is 9.84 Å². The van der Waals surface area contributed by atoms with E-state index in [1.54, 1.807) is 20.0 Å². The smallest absolute Gasteiger partial charge is 0.341 e. The predicted molar refractivity (Wildman–Crippen MR) is 65.7 cm³/mol. The summed E-state index contributed by atoms with van der Waals surface area (Å²) in [5.41, 5.74) is 1.91. The Labute approximate surface area is 109 Å². The summed E-state index contributed by atoms with van der Waals surface area (Å²) in [6.07, 6.45) is 4.61. The molecule has 0 aromatic carbocycles. The van der Waals surface area contributed by atoms with Crippen molar-refractivity contribution in [1.29, 1.82) is 0 Å². The van der Waals surface area contributed by atoms with Crippen LogP contribution in [0, 0.1) is 13.8 Å². The minimum atomic E-state index is -1.06. The normalized spacial score (nSPS) is 10.2. The third kappa shape index (κ3) is 3.01. The van der Waals surface area contributed by atoms with E-state index in [9.17, 15) is 4.79 Å². The Morgan fingerprint density at radius 3 is 2.74 bits per heavy atom. The number of carboxylic acids is 1. The van der Waals surface area contributed by atoms with E-state index >= 15 is 0 Å². The zero-order chi connectivity index (χ0) is 13.8. The first-order valence-corrected chi connectivity index (χ1v) is 5.54. The summed E-state index contributed by atoms with van der Waals surface area (Å²) < 4.78 is 5.14. The highest BCUT2D eigenvalue weighted by molar-refractivity contribution is 5.68. The van der Waals surface area contributed by atoms with Crippen molar-refractivity contribution in [3.8, 4) is 17.4 Å². The van der Waals surface area contributed by atoms with Gasteiger partial charge in [0.1, 0.15) is 5.69 Å². The molecule has 7 nitrogen and oxygen atoms in total. The number of aromatic nitrogens is 4. The van der Waals surface area contributed by atoms with Crippen molar-refractivity contribution < 1.29 is 14.6 Å². The van der Waals surface area contributed by atoms with Crippen LogP contribution in [0.1, 0.15) is 11.3 Å².